The molecule has 22 heavy (non-hydrogen) atoms. The second-order valence-corrected chi connectivity index (χ2v) is 5.00. The highest BCUT2D eigenvalue weighted by atomic mass is 35.5. The van der Waals surface area contributed by atoms with Crippen LogP contribution in [-0.4, -0.2) is 18.9 Å². The summed E-state index contributed by atoms with van der Waals surface area (Å²) in [6, 6.07) is 12.5. The molecule has 1 N–H and O–H groups in total. The van der Waals surface area contributed by atoms with Crippen molar-refractivity contribution in [2.24, 2.45) is 4.99 Å². The van der Waals surface area contributed by atoms with Crippen LogP contribution in [0.2, 0.25) is 0 Å². The molecule has 0 spiro atoms. The van der Waals surface area contributed by atoms with Gasteiger partial charge >= 0.3 is 0 Å². The number of nitrogens with one attached hydrogen (secondary N) is 1. The number of aliphatic imine (C=N–C) groups is 1. The maximum Gasteiger partial charge on any atom is 0.176 e. The first-order valence-corrected chi connectivity index (χ1v) is 6.88. The second kappa shape index (κ2) is 5.81. The molecule has 1 aliphatic rings. The molecule has 2 aromatic carbocycles. The zero-order chi connectivity index (χ0) is 14.2. The third-order valence-electron chi connectivity index (χ3n) is 3.67. The molecular weight excluding hydrogens is 303 g/mol. The van der Waals surface area contributed by atoms with Crippen LogP contribution in [0.3, 0.4) is 0 Å². The van der Waals surface area contributed by atoms with Crippen molar-refractivity contribution in [1.29, 1.82) is 0 Å². The van der Waals surface area contributed by atoms with Crippen LogP contribution in [-0.2, 0) is 0 Å². The summed E-state index contributed by atoms with van der Waals surface area (Å²) in [4.78, 5) is 4.43. The number of rotatable bonds is 2. The Bertz CT molecular complexity index is 839. The molecule has 0 bridgehead atoms. The van der Waals surface area contributed by atoms with Gasteiger partial charge in [-0.2, -0.15) is 0 Å². The lowest BCUT2D eigenvalue weighted by Crippen LogP contribution is -2.19. The Morgan fingerprint density at radius 1 is 1.09 bits per heavy atom. The lowest BCUT2D eigenvalue weighted by Gasteiger charge is -2.06. The molecule has 0 amide bonds. The maximum absolute atomic E-state index is 13.1. The predicted octanol–water partition coefficient (Wildman–Crippen LogP) is 4.01. The third kappa shape index (κ3) is 2.35. The number of benzene rings is 2. The van der Waals surface area contributed by atoms with E-state index in [1.807, 2.05) is 18.2 Å². The van der Waals surface area contributed by atoms with E-state index in [9.17, 15) is 4.39 Å². The molecule has 1 aliphatic heterocycles. The van der Waals surface area contributed by atoms with Crippen molar-refractivity contribution in [2.45, 2.75) is 0 Å². The molecule has 0 aliphatic carbocycles. The Labute approximate surface area is 133 Å². The van der Waals surface area contributed by atoms with Crippen molar-refractivity contribution >= 4 is 29.0 Å². The predicted molar refractivity (Wildman–Crippen MR) is 88.3 cm³/mol. The van der Waals surface area contributed by atoms with Crippen LogP contribution >= 0.6 is 12.4 Å². The van der Waals surface area contributed by atoms with E-state index in [0.717, 1.165) is 46.6 Å². The van der Waals surface area contributed by atoms with E-state index in [4.69, 9.17) is 4.42 Å². The summed E-state index contributed by atoms with van der Waals surface area (Å²) in [7, 11) is 0. The topological polar surface area (TPSA) is 37.5 Å². The minimum Gasteiger partial charge on any atom is -0.460 e. The van der Waals surface area contributed by atoms with Crippen LogP contribution in [0.15, 0.2) is 58.1 Å². The van der Waals surface area contributed by atoms with Gasteiger partial charge in [-0.25, -0.2) is 4.39 Å². The molecule has 0 radical (unpaired) electrons. The number of hydrogen-bond acceptors (Lipinski definition) is 3. The van der Waals surface area contributed by atoms with Gasteiger partial charge in [-0.05, 0) is 23.3 Å². The van der Waals surface area contributed by atoms with Crippen molar-refractivity contribution in [1.82, 2.24) is 5.32 Å². The zero-order valence-electron chi connectivity index (χ0n) is 11.7. The number of halogens is 2. The number of furan rings is 1. The summed E-state index contributed by atoms with van der Waals surface area (Å²) < 4.78 is 18.9. The van der Waals surface area contributed by atoms with E-state index in [1.165, 1.54) is 12.1 Å². The van der Waals surface area contributed by atoms with Gasteiger partial charge in [0.25, 0.3) is 0 Å². The van der Waals surface area contributed by atoms with E-state index in [2.05, 4.69) is 10.3 Å². The Morgan fingerprint density at radius 3 is 2.64 bits per heavy atom. The van der Waals surface area contributed by atoms with Crippen molar-refractivity contribution in [3.05, 3.63) is 60.3 Å². The van der Waals surface area contributed by atoms with Crippen LogP contribution in [0.1, 0.15) is 5.76 Å². The highest BCUT2D eigenvalue weighted by molar-refractivity contribution is 6.12. The number of amidine groups is 1. The average Bonchev–Trinajstić information content (AvgIpc) is 3.16. The first-order valence-electron chi connectivity index (χ1n) is 6.88. The fourth-order valence-corrected chi connectivity index (χ4v) is 2.70. The molecule has 0 saturated heterocycles. The average molecular weight is 317 g/mol. The highest BCUT2D eigenvalue weighted by Gasteiger charge is 2.18. The number of fused-ring (bicyclic) bond motifs is 1. The zero-order valence-corrected chi connectivity index (χ0v) is 12.5. The van der Waals surface area contributed by atoms with Crippen molar-refractivity contribution < 1.29 is 8.81 Å². The Hall–Kier alpha value is -2.33. The molecule has 5 heteroatoms. The second-order valence-electron chi connectivity index (χ2n) is 5.00. The summed E-state index contributed by atoms with van der Waals surface area (Å²) in [5.41, 5.74) is 1.98. The van der Waals surface area contributed by atoms with Crippen molar-refractivity contribution in [3.63, 3.8) is 0 Å². The minimum atomic E-state index is -0.236. The van der Waals surface area contributed by atoms with Crippen molar-refractivity contribution in [3.8, 4) is 11.1 Å². The van der Waals surface area contributed by atoms with E-state index < -0.39 is 0 Å². The lowest BCUT2D eigenvalue weighted by molar-refractivity contribution is 0.560. The lowest BCUT2D eigenvalue weighted by atomic mass is 9.99. The molecule has 0 fully saturated rings. The van der Waals surface area contributed by atoms with Gasteiger partial charge in [-0.1, -0.05) is 30.3 Å². The first-order chi connectivity index (χ1) is 10.3. The maximum atomic E-state index is 13.1. The molecule has 1 aromatic heterocycles. The van der Waals surface area contributed by atoms with Gasteiger partial charge in [0.2, 0.25) is 0 Å². The Kier molecular flexibility index (Phi) is 3.86. The number of nitrogens with zero attached hydrogens (tertiary/aromatic N) is 1. The first kappa shape index (κ1) is 14.6. The van der Waals surface area contributed by atoms with E-state index >= 15 is 0 Å². The van der Waals surface area contributed by atoms with E-state index in [1.54, 1.807) is 18.4 Å². The summed E-state index contributed by atoms with van der Waals surface area (Å²) in [5, 5.41) is 5.26. The molecule has 3 nitrogen and oxygen atoms in total. The Balaban J connectivity index is 0.00000144. The number of hydrogen-bond donors (Lipinski definition) is 1. The highest BCUT2D eigenvalue weighted by Crippen LogP contribution is 2.33. The molecule has 2 heterocycles. The summed E-state index contributed by atoms with van der Waals surface area (Å²) in [6.45, 7) is 1.59. The van der Waals surface area contributed by atoms with Crippen molar-refractivity contribution in [2.75, 3.05) is 13.1 Å². The molecular formula is C17H14ClFN2O. The molecule has 0 saturated carbocycles. The molecule has 112 valence electrons. The fourth-order valence-electron chi connectivity index (χ4n) is 2.70. The van der Waals surface area contributed by atoms with Gasteiger partial charge in [-0.15, -0.1) is 12.4 Å². The molecule has 0 unspecified atom stereocenters. The smallest absolute Gasteiger partial charge is 0.176 e. The minimum absolute atomic E-state index is 0. The standard InChI is InChI=1S/C17H13FN2O.ClH/c18-13-6-4-11(5-7-13)14-3-1-2-12-10-21-16(15(12)14)17-19-8-9-20-17;/h1-7,10H,8-9H2,(H,19,20);1H. The van der Waals surface area contributed by atoms with Gasteiger partial charge in [0.15, 0.2) is 11.6 Å². The van der Waals surface area contributed by atoms with Crippen LogP contribution in [0, 0.1) is 5.82 Å². The van der Waals surface area contributed by atoms with E-state index in [0.29, 0.717) is 0 Å². The molecule has 3 aromatic rings. The Morgan fingerprint density at radius 2 is 1.91 bits per heavy atom. The summed E-state index contributed by atoms with van der Waals surface area (Å²) in [6.07, 6.45) is 1.74. The van der Waals surface area contributed by atoms with Gasteiger partial charge in [0.05, 0.1) is 12.8 Å². The monoisotopic (exact) mass is 316 g/mol. The quantitative estimate of drug-likeness (QED) is 0.775. The summed E-state index contributed by atoms with van der Waals surface area (Å²) in [5.74, 6) is 1.31. The normalized spacial score (nSPS) is 13.6. The molecule has 0 atom stereocenters. The fraction of sp³-hybridized carbons (Fsp3) is 0.118. The van der Waals surface area contributed by atoms with Crippen LogP contribution < -0.4 is 5.32 Å². The van der Waals surface area contributed by atoms with Gasteiger partial charge in [0.1, 0.15) is 5.82 Å². The van der Waals surface area contributed by atoms with Gasteiger partial charge in [0, 0.05) is 17.3 Å². The molecule has 4 rings (SSSR count). The van der Waals surface area contributed by atoms with Crippen LogP contribution in [0.4, 0.5) is 4.39 Å². The largest absolute Gasteiger partial charge is 0.460 e. The van der Waals surface area contributed by atoms with Crippen LogP contribution in [0.5, 0.6) is 0 Å². The SMILES string of the molecule is Cl.Fc1ccc(-c2cccc3coc(C4=NCCN4)c23)cc1. The summed E-state index contributed by atoms with van der Waals surface area (Å²) >= 11 is 0. The van der Waals surface area contributed by atoms with Crippen LogP contribution in [0.25, 0.3) is 21.9 Å². The van der Waals surface area contributed by atoms with Gasteiger partial charge in [-0.3, -0.25) is 4.99 Å². The van der Waals surface area contributed by atoms with Gasteiger partial charge < -0.3 is 9.73 Å². The van der Waals surface area contributed by atoms with E-state index in [-0.39, 0.29) is 18.2 Å². The third-order valence-corrected chi connectivity index (χ3v) is 3.67.